The van der Waals surface area contributed by atoms with Gasteiger partial charge in [-0.2, -0.15) is 0 Å². The van der Waals surface area contributed by atoms with Crippen LogP contribution in [0.5, 0.6) is 0 Å². The molecule has 2 aliphatic heterocycles. The standard InChI is InChI=1S/C26H35ClN4O3/c1-18-14-19(7-8-22(18)30-10-12-33-13-11-30)21-16-28-24(27)15-23(21)31-9-5-6-20(17-31)29-25(32)34-26(2,3)4/h7-8,14-16,20H,5-6,9-13,17H2,1-4H3,(H,29,32)/t20-/m0/s1. The highest BCUT2D eigenvalue weighted by Crippen LogP contribution is 2.36. The number of hydrogen-bond donors (Lipinski definition) is 1. The molecule has 1 amide bonds. The molecule has 0 spiro atoms. The first-order valence-electron chi connectivity index (χ1n) is 12.0. The van der Waals surface area contributed by atoms with Crippen molar-refractivity contribution in [2.75, 3.05) is 49.2 Å². The van der Waals surface area contributed by atoms with E-state index in [0.29, 0.717) is 11.7 Å². The van der Waals surface area contributed by atoms with Crippen molar-refractivity contribution >= 4 is 29.1 Å². The summed E-state index contributed by atoms with van der Waals surface area (Å²) in [6.07, 6.45) is 3.36. The Bertz CT molecular complexity index is 1020. The number of pyridine rings is 1. The zero-order valence-electron chi connectivity index (χ0n) is 20.6. The van der Waals surface area contributed by atoms with E-state index < -0.39 is 5.60 Å². The number of morpholine rings is 1. The number of carbonyl (C=O) groups is 1. The molecular weight excluding hydrogens is 452 g/mol. The number of anilines is 2. The predicted octanol–water partition coefficient (Wildman–Crippen LogP) is 5.04. The molecule has 2 aromatic rings. The van der Waals surface area contributed by atoms with Crippen LogP contribution in [0.3, 0.4) is 0 Å². The molecule has 1 atom stereocenters. The van der Waals surface area contributed by atoms with Gasteiger partial charge in [-0.15, -0.1) is 0 Å². The molecule has 184 valence electrons. The van der Waals surface area contributed by atoms with Gasteiger partial charge >= 0.3 is 6.09 Å². The normalized spacial score (nSPS) is 19.1. The molecule has 1 N–H and O–H groups in total. The Kier molecular flexibility index (Phi) is 7.53. The first kappa shape index (κ1) is 24.6. The molecule has 7 nitrogen and oxygen atoms in total. The highest BCUT2D eigenvalue weighted by Gasteiger charge is 2.26. The Labute approximate surface area is 207 Å². The number of piperidine rings is 1. The number of carbonyl (C=O) groups excluding carboxylic acids is 1. The lowest BCUT2D eigenvalue weighted by Crippen LogP contribution is -2.49. The summed E-state index contributed by atoms with van der Waals surface area (Å²) in [5.74, 6) is 0. The van der Waals surface area contributed by atoms with Crippen LogP contribution in [0.15, 0.2) is 30.5 Å². The topological polar surface area (TPSA) is 66.9 Å². The van der Waals surface area contributed by atoms with Gasteiger partial charge in [0.2, 0.25) is 0 Å². The van der Waals surface area contributed by atoms with Gasteiger partial charge in [-0.25, -0.2) is 9.78 Å². The summed E-state index contributed by atoms with van der Waals surface area (Å²) in [4.78, 5) is 21.4. The molecule has 8 heteroatoms. The van der Waals surface area contributed by atoms with E-state index in [-0.39, 0.29) is 12.1 Å². The fourth-order valence-corrected chi connectivity index (χ4v) is 4.83. The van der Waals surface area contributed by atoms with E-state index in [1.165, 1.54) is 11.3 Å². The van der Waals surface area contributed by atoms with Gasteiger partial charge in [-0.3, -0.25) is 0 Å². The number of nitrogens with zero attached hydrogens (tertiary/aromatic N) is 3. The van der Waals surface area contributed by atoms with E-state index in [4.69, 9.17) is 21.1 Å². The van der Waals surface area contributed by atoms with E-state index in [1.807, 2.05) is 33.0 Å². The van der Waals surface area contributed by atoms with Crippen LogP contribution in [-0.4, -0.2) is 62.1 Å². The van der Waals surface area contributed by atoms with Crippen LogP contribution in [0, 0.1) is 6.92 Å². The van der Waals surface area contributed by atoms with E-state index in [2.05, 4.69) is 45.2 Å². The second-order valence-corrected chi connectivity index (χ2v) is 10.4. The summed E-state index contributed by atoms with van der Waals surface area (Å²) in [6, 6.07) is 8.51. The van der Waals surface area contributed by atoms with Crippen LogP contribution in [0.25, 0.3) is 11.1 Å². The SMILES string of the molecule is Cc1cc(-c2cnc(Cl)cc2N2CCC[C@H](NC(=O)OC(C)(C)C)C2)ccc1N1CCOCC1. The van der Waals surface area contributed by atoms with Gasteiger partial charge in [-0.05, 0) is 69.9 Å². The van der Waals surface area contributed by atoms with E-state index in [0.717, 1.165) is 62.5 Å². The van der Waals surface area contributed by atoms with Crippen molar-refractivity contribution in [1.82, 2.24) is 10.3 Å². The molecule has 3 heterocycles. The molecule has 2 aliphatic rings. The number of halogens is 1. The Balaban J connectivity index is 1.55. The van der Waals surface area contributed by atoms with Gasteiger partial charge in [-0.1, -0.05) is 17.7 Å². The summed E-state index contributed by atoms with van der Waals surface area (Å²) < 4.78 is 11.0. The minimum absolute atomic E-state index is 0.00817. The Hall–Kier alpha value is -2.51. The number of rotatable bonds is 4. The lowest BCUT2D eigenvalue weighted by atomic mass is 9.99. The van der Waals surface area contributed by atoms with Crippen LogP contribution >= 0.6 is 11.6 Å². The number of nitrogens with one attached hydrogen (secondary N) is 1. The van der Waals surface area contributed by atoms with Crippen molar-refractivity contribution in [1.29, 1.82) is 0 Å². The summed E-state index contributed by atoms with van der Waals surface area (Å²) in [6.45, 7) is 12.7. The second-order valence-electron chi connectivity index (χ2n) is 10.1. The van der Waals surface area contributed by atoms with Crippen LogP contribution < -0.4 is 15.1 Å². The first-order valence-corrected chi connectivity index (χ1v) is 12.4. The first-order chi connectivity index (χ1) is 16.2. The summed E-state index contributed by atoms with van der Waals surface area (Å²) >= 11 is 6.33. The van der Waals surface area contributed by atoms with Crippen molar-refractivity contribution in [3.8, 4) is 11.1 Å². The van der Waals surface area contributed by atoms with Crippen molar-refractivity contribution < 1.29 is 14.3 Å². The number of ether oxygens (including phenoxy) is 2. The fraction of sp³-hybridized carbons (Fsp3) is 0.538. The third-order valence-electron chi connectivity index (χ3n) is 6.19. The van der Waals surface area contributed by atoms with Gasteiger partial charge in [0, 0.05) is 55.4 Å². The average molecular weight is 487 g/mol. The predicted molar refractivity (Wildman–Crippen MR) is 137 cm³/mol. The molecule has 34 heavy (non-hydrogen) atoms. The smallest absolute Gasteiger partial charge is 0.407 e. The number of aromatic nitrogens is 1. The van der Waals surface area contributed by atoms with Crippen LogP contribution in [0.2, 0.25) is 5.15 Å². The Morgan fingerprint density at radius 2 is 1.91 bits per heavy atom. The van der Waals surface area contributed by atoms with Crippen molar-refractivity contribution in [3.05, 3.63) is 41.2 Å². The summed E-state index contributed by atoms with van der Waals surface area (Å²) in [7, 11) is 0. The molecular formula is C26H35ClN4O3. The van der Waals surface area contributed by atoms with Gasteiger partial charge in [0.1, 0.15) is 10.8 Å². The molecule has 0 bridgehead atoms. The number of amides is 1. The van der Waals surface area contributed by atoms with Gasteiger partial charge in [0.05, 0.1) is 13.2 Å². The molecule has 0 unspecified atom stereocenters. The second kappa shape index (κ2) is 10.4. The monoisotopic (exact) mass is 486 g/mol. The average Bonchev–Trinajstić information content (AvgIpc) is 2.78. The van der Waals surface area contributed by atoms with Crippen molar-refractivity contribution in [2.45, 2.75) is 52.2 Å². The minimum Gasteiger partial charge on any atom is -0.444 e. The Morgan fingerprint density at radius 1 is 1.15 bits per heavy atom. The maximum absolute atomic E-state index is 12.3. The van der Waals surface area contributed by atoms with E-state index in [9.17, 15) is 4.79 Å². The Morgan fingerprint density at radius 3 is 2.62 bits per heavy atom. The number of hydrogen-bond acceptors (Lipinski definition) is 6. The van der Waals surface area contributed by atoms with Crippen LogP contribution in [0.4, 0.5) is 16.2 Å². The van der Waals surface area contributed by atoms with Crippen LogP contribution in [0.1, 0.15) is 39.2 Å². The maximum atomic E-state index is 12.3. The number of aryl methyl sites for hydroxylation is 1. The lowest BCUT2D eigenvalue weighted by Gasteiger charge is -2.36. The lowest BCUT2D eigenvalue weighted by molar-refractivity contribution is 0.0500. The quantitative estimate of drug-likeness (QED) is 0.610. The molecule has 0 aliphatic carbocycles. The molecule has 0 radical (unpaired) electrons. The van der Waals surface area contributed by atoms with Crippen molar-refractivity contribution in [3.63, 3.8) is 0 Å². The third kappa shape index (κ3) is 6.13. The minimum atomic E-state index is -0.518. The molecule has 1 aromatic heterocycles. The molecule has 2 fully saturated rings. The van der Waals surface area contributed by atoms with Gasteiger partial charge in [0.25, 0.3) is 0 Å². The zero-order chi connectivity index (χ0) is 24.3. The number of alkyl carbamates (subject to hydrolysis) is 1. The number of benzene rings is 1. The van der Waals surface area contributed by atoms with E-state index in [1.54, 1.807) is 0 Å². The maximum Gasteiger partial charge on any atom is 0.407 e. The largest absolute Gasteiger partial charge is 0.444 e. The third-order valence-corrected chi connectivity index (χ3v) is 6.40. The van der Waals surface area contributed by atoms with Crippen molar-refractivity contribution in [2.24, 2.45) is 0 Å². The molecule has 4 rings (SSSR count). The van der Waals surface area contributed by atoms with Gasteiger partial charge in [0.15, 0.2) is 0 Å². The molecule has 1 aromatic carbocycles. The molecule has 2 saturated heterocycles. The van der Waals surface area contributed by atoms with E-state index >= 15 is 0 Å². The van der Waals surface area contributed by atoms with Gasteiger partial charge < -0.3 is 24.6 Å². The zero-order valence-corrected chi connectivity index (χ0v) is 21.3. The summed E-state index contributed by atoms with van der Waals surface area (Å²) in [5.41, 5.74) is 5.14. The summed E-state index contributed by atoms with van der Waals surface area (Å²) in [5, 5.41) is 3.50. The van der Waals surface area contributed by atoms with Crippen LogP contribution in [-0.2, 0) is 9.47 Å². The molecule has 0 saturated carbocycles. The fourth-order valence-electron chi connectivity index (χ4n) is 4.67. The highest BCUT2D eigenvalue weighted by atomic mass is 35.5. The highest BCUT2D eigenvalue weighted by molar-refractivity contribution is 6.29.